The van der Waals surface area contributed by atoms with Gasteiger partial charge in [0, 0.05) is 35.1 Å². The largest absolute Gasteiger partial charge is 0.383 e. The van der Waals surface area contributed by atoms with Crippen LogP contribution in [0.15, 0.2) is 29.9 Å². The van der Waals surface area contributed by atoms with Crippen LogP contribution in [0, 0.1) is 11.3 Å². The summed E-state index contributed by atoms with van der Waals surface area (Å²) in [5.41, 5.74) is 16.4. The number of hydrogen-bond acceptors (Lipinski definition) is 6. The normalized spacial score (nSPS) is 16.6. The first kappa shape index (κ1) is 14.9. The van der Waals surface area contributed by atoms with Gasteiger partial charge in [-0.25, -0.2) is 9.97 Å². The second kappa shape index (κ2) is 5.74. The zero-order chi connectivity index (χ0) is 16.7. The lowest BCUT2D eigenvalue weighted by molar-refractivity contribution is 0.568. The lowest BCUT2D eigenvalue weighted by Crippen LogP contribution is -2.29. The van der Waals surface area contributed by atoms with Gasteiger partial charge in [-0.05, 0) is 37.0 Å². The number of aromatic nitrogens is 3. The van der Waals surface area contributed by atoms with Crippen LogP contribution in [0.4, 0.5) is 5.82 Å². The second-order valence-corrected chi connectivity index (χ2v) is 6.74. The Morgan fingerprint density at radius 2 is 2.29 bits per heavy atom. The van der Waals surface area contributed by atoms with Crippen molar-refractivity contribution >= 4 is 17.2 Å². The van der Waals surface area contributed by atoms with Crippen LogP contribution in [0.25, 0.3) is 16.4 Å². The molecule has 0 radical (unpaired) electrons. The van der Waals surface area contributed by atoms with Crippen LogP contribution >= 0.6 is 11.3 Å². The molecule has 3 aromatic heterocycles. The van der Waals surface area contributed by atoms with Crippen LogP contribution in [0.3, 0.4) is 0 Å². The monoisotopic (exact) mass is 336 g/mol. The van der Waals surface area contributed by atoms with E-state index in [4.69, 9.17) is 11.5 Å². The van der Waals surface area contributed by atoms with Gasteiger partial charge in [0.1, 0.15) is 17.5 Å². The van der Waals surface area contributed by atoms with Gasteiger partial charge < -0.3 is 11.5 Å². The highest BCUT2D eigenvalue weighted by molar-refractivity contribution is 7.12. The zero-order valence-corrected chi connectivity index (χ0v) is 13.8. The second-order valence-electron chi connectivity index (χ2n) is 5.87. The molecule has 3 aromatic rings. The van der Waals surface area contributed by atoms with Gasteiger partial charge in [-0.15, -0.1) is 11.3 Å². The predicted octanol–water partition coefficient (Wildman–Crippen LogP) is 2.27. The van der Waals surface area contributed by atoms with Crippen molar-refractivity contribution in [1.29, 1.82) is 5.26 Å². The molecule has 0 fully saturated rings. The van der Waals surface area contributed by atoms with E-state index < -0.39 is 0 Å². The molecule has 1 atom stereocenters. The van der Waals surface area contributed by atoms with Crippen LogP contribution in [0.5, 0.6) is 0 Å². The minimum absolute atomic E-state index is 0.0801. The third-order valence-electron chi connectivity index (χ3n) is 4.37. The summed E-state index contributed by atoms with van der Waals surface area (Å²) in [5.74, 6) is 0.286. The number of anilines is 1. The van der Waals surface area contributed by atoms with E-state index in [0.29, 0.717) is 12.0 Å². The van der Waals surface area contributed by atoms with E-state index in [1.807, 2.05) is 28.3 Å². The summed E-state index contributed by atoms with van der Waals surface area (Å²) in [6, 6.07) is 6.24. The minimum Gasteiger partial charge on any atom is -0.383 e. The van der Waals surface area contributed by atoms with Gasteiger partial charge in [0.25, 0.3) is 0 Å². The highest BCUT2D eigenvalue weighted by Gasteiger charge is 2.26. The summed E-state index contributed by atoms with van der Waals surface area (Å²) >= 11 is 1.54. The highest BCUT2D eigenvalue weighted by atomic mass is 32.1. The van der Waals surface area contributed by atoms with Gasteiger partial charge in [-0.1, -0.05) is 0 Å². The standard InChI is InChI=1S/C17H16N6S/c18-9-12-15(11-8-10(19)3-4-13(11)22-16(12)20)14-2-1-6-23(14)17-21-5-7-24-17/h1-2,5-7,10H,3-4,8,19H2,(H2,20,22). The maximum absolute atomic E-state index is 9.66. The summed E-state index contributed by atoms with van der Waals surface area (Å²) in [7, 11) is 0. The first-order chi connectivity index (χ1) is 11.7. The van der Waals surface area contributed by atoms with Crippen LogP contribution in [0.1, 0.15) is 23.2 Å². The van der Waals surface area contributed by atoms with Crippen LogP contribution in [-0.2, 0) is 12.8 Å². The van der Waals surface area contributed by atoms with Crippen molar-refractivity contribution < 1.29 is 0 Å². The lowest BCUT2D eigenvalue weighted by Gasteiger charge is -2.25. The molecule has 0 aromatic carbocycles. The summed E-state index contributed by atoms with van der Waals surface area (Å²) in [6.45, 7) is 0. The Hall–Kier alpha value is -2.69. The zero-order valence-electron chi connectivity index (χ0n) is 12.9. The fraction of sp³-hybridized carbons (Fsp3) is 0.235. The molecule has 0 bridgehead atoms. The van der Waals surface area contributed by atoms with E-state index in [9.17, 15) is 5.26 Å². The quantitative estimate of drug-likeness (QED) is 0.746. The van der Waals surface area contributed by atoms with E-state index in [1.54, 1.807) is 17.5 Å². The number of aryl methyl sites for hydroxylation is 1. The summed E-state index contributed by atoms with van der Waals surface area (Å²) < 4.78 is 1.99. The number of nitrogens with two attached hydrogens (primary N) is 2. The average molecular weight is 336 g/mol. The Morgan fingerprint density at radius 1 is 1.42 bits per heavy atom. The first-order valence-corrected chi connectivity index (χ1v) is 8.61. The van der Waals surface area contributed by atoms with Gasteiger partial charge in [-0.3, -0.25) is 4.57 Å². The molecular formula is C17H16N6S. The van der Waals surface area contributed by atoms with Gasteiger partial charge >= 0.3 is 0 Å². The Bertz CT molecular complexity index is 935. The molecule has 0 amide bonds. The lowest BCUT2D eigenvalue weighted by atomic mass is 9.86. The summed E-state index contributed by atoms with van der Waals surface area (Å²) in [4.78, 5) is 8.84. The van der Waals surface area contributed by atoms with Gasteiger partial charge in [0.05, 0.1) is 5.69 Å². The Balaban J connectivity index is 2.01. The van der Waals surface area contributed by atoms with Crippen molar-refractivity contribution in [2.45, 2.75) is 25.3 Å². The first-order valence-electron chi connectivity index (χ1n) is 7.73. The molecule has 1 aliphatic rings. The van der Waals surface area contributed by atoms with Crippen molar-refractivity contribution in [3.8, 4) is 22.5 Å². The number of nitrogen functional groups attached to an aromatic ring is 1. The smallest absolute Gasteiger partial charge is 0.193 e. The molecule has 0 saturated carbocycles. The molecular weight excluding hydrogens is 320 g/mol. The Kier molecular flexibility index (Phi) is 3.56. The molecule has 120 valence electrons. The Labute approximate surface area is 143 Å². The highest BCUT2D eigenvalue weighted by Crippen LogP contribution is 2.37. The molecule has 7 heteroatoms. The van der Waals surface area contributed by atoms with E-state index in [2.05, 4.69) is 16.0 Å². The van der Waals surface area contributed by atoms with Crippen molar-refractivity contribution in [2.24, 2.45) is 5.73 Å². The number of thiazole rings is 1. The third-order valence-corrected chi connectivity index (χ3v) is 5.14. The maximum Gasteiger partial charge on any atom is 0.193 e. The number of nitrogens with zero attached hydrogens (tertiary/aromatic N) is 4. The molecule has 4 rings (SSSR count). The molecule has 0 saturated heterocycles. The number of hydrogen-bond donors (Lipinski definition) is 2. The number of nitriles is 1. The average Bonchev–Trinajstić information content (AvgIpc) is 3.24. The molecule has 4 N–H and O–H groups in total. The maximum atomic E-state index is 9.66. The van der Waals surface area contributed by atoms with E-state index in [0.717, 1.165) is 40.5 Å². The number of rotatable bonds is 2. The molecule has 1 aliphatic carbocycles. The molecule has 3 heterocycles. The van der Waals surface area contributed by atoms with E-state index in [1.165, 1.54) is 0 Å². The van der Waals surface area contributed by atoms with Crippen molar-refractivity contribution in [3.05, 3.63) is 46.7 Å². The molecule has 1 unspecified atom stereocenters. The molecule has 24 heavy (non-hydrogen) atoms. The van der Waals surface area contributed by atoms with Crippen LogP contribution in [0.2, 0.25) is 0 Å². The summed E-state index contributed by atoms with van der Waals surface area (Å²) in [6.07, 6.45) is 6.09. The van der Waals surface area contributed by atoms with Gasteiger partial charge in [-0.2, -0.15) is 5.26 Å². The molecule has 0 spiro atoms. The minimum atomic E-state index is 0.0801. The SMILES string of the molecule is N#Cc1c(N)nc2c(c1-c1cccn1-c1nccs1)CC(N)CC2. The van der Waals surface area contributed by atoms with Gasteiger partial charge in [0.2, 0.25) is 0 Å². The number of fused-ring (bicyclic) bond motifs is 1. The fourth-order valence-electron chi connectivity index (χ4n) is 3.29. The van der Waals surface area contributed by atoms with Crippen molar-refractivity contribution in [1.82, 2.24) is 14.5 Å². The Morgan fingerprint density at radius 3 is 3.04 bits per heavy atom. The predicted molar refractivity (Wildman–Crippen MR) is 93.8 cm³/mol. The van der Waals surface area contributed by atoms with Crippen molar-refractivity contribution in [2.75, 3.05) is 5.73 Å². The molecule has 0 aliphatic heterocycles. The van der Waals surface area contributed by atoms with Crippen molar-refractivity contribution in [3.63, 3.8) is 0 Å². The summed E-state index contributed by atoms with van der Waals surface area (Å²) in [5, 5.41) is 12.4. The number of pyridine rings is 1. The van der Waals surface area contributed by atoms with Crippen LogP contribution < -0.4 is 11.5 Å². The van der Waals surface area contributed by atoms with E-state index in [-0.39, 0.29) is 11.9 Å². The fourth-order valence-corrected chi connectivity index (χ4v) is 3.93. The molecule has 6 nitrogen and oxygen atoms in total. The van der Waals surface area contributed by atoms with E-state index >= 15 is 0 Å². The third kappa shape index (κ3) is 2.28. The van der Waals surface area contributed by atoms with Crippen LogP contribution in [-0.4, -0.2) is 20.6 Å². The topological polar surface area (TPSA) is 107 Å². The van der Waals surface area contributed by atoms with Gasteiger partial charge in [0.15, 0.2) is 5.13 Å².